The maximum atomic E-state index is 12.5. The van der Waals surface area contributed by atoms with Gasteiger partial charge in [0.15, 0.2) is 5.57 Å². The molecule has 0 saturated heterocycles. The Morgan fingerprint density at radius 2 is 0.962 bits per heavy atom. The summed E-state index contributed by atoms with van der Waals surface area (Å²) in [6.07, 6.45) is 0. The Bertz CT molecular complexity index is 794. The van der Waals surface area contributed by atoms with E-state index in [-0.39, 0.29) is 5.57 Å². The summed E-state index contributed by atoms with van der Waals surface area (Å²) in [6.45, 7) is 2.08. The number of hydrogen-bond acceptors (Lipinski definition) is 6. The van der Waals surface area contributed by atoms with Gasteiger partial charge in [0, 0.05) is 19.4 Å². The zero-order valence-corrected chi connectivity index (χ0v) is 14.2. The first-order valence-electron chi connectivity index (χ1n) is 7.70. The molecule has 0 N–H and O–H groups in total. The molecular weight excluding hydrogens is 336 g/mol. The smallest absolute Gasteiger partial charge is 0.353 e. The zero-order valence-electron chi connectivity index (χ0n) is 14.2. The number of benzene rings is 2. The molecule has 6 nitrogen and oxygen atoms in total. The van der Waals surface area contributed by atoms with Crippen LogP contribution in [0.4, 0.5) is 0 Å². The van der Waals surface area contributed by atoms with Crippen molar-refractivity contribution in [2.24, 2.45) is 0 Å². The molecule has 0 bridgehead atoms. The second-order valence-corrected chi connectivity index (χ2v) is 5.24. The van der Waals surface area contributed by atoms with Crippen LogP contribution in [0, 0.1) is 0 Å². The van der Waals surface area contributed by atoms with Crippen LogP contribution in [0.5, 0.6) is 0 Å². The van der Waals surface area contributed by atoms with E-state index in [1.807, 2.05) is 0 Å². The summed E-state index contributed by atoms with van der Waals surface area (Å²) >= 11 is 0. The Kier molecular flexibility index (Phi) is 6.16. The number of ether oxygens (including phenoxy) is 2. The number of hydrogen-bond donors (Lipinski definition) is 0. The van der Waals surface area contributed by atoms with Crippen molar-refractivity contribution in [3.63, 3.8) is 0 Å². The van der Waals surface area contributed by atoms with E-state index >= 15 is 0 Å². The van der Waals surface area contributed by atoms with Crippen LogP contribution >= 0.6 is 0 Å². The van der Waals surface area contributed by atoms with Crippen molar-refractivity contribution in [3.05, 3.63) is 77.4 Å². The minimum Gasteiger partial charge on any atom is -0.389 e. The zero-order chi connectivity index (χ0) is 19.1. The van der Waals surface area contributed by atoms with Gasteiger partial charge in [-0.05, 0) is 11.1 Å². The van der Waals surface area contributed by atoms with Gasteiger partial charge in [-0.1, -0.05) is 60.7 Å². The number of carbonyl (C=O) groups excluding carboxylic acids is 4. The van der Waals surface area contributed by atoms with Crippen LogP contribution in [-0.4, -0.2) is 23.9 Å². The lowest BCUT2D eigenvalue weighted by molar-refractivity contribution is -0.159. The summed E-state index contributed by atoms with van der Waals surface area (Å²) in [6, 6.07) is 17.2. The largest absolute Gasteiger partial charge is 0.389 e. The van der Waals surface area contributed by atoms with E-state index in [0.29, 0.717) is 11.1 Å². The molecule has 0 aliphatic carbocycles. The molecule has 0 fully saturated rings. The van der Waals surface area contributed by atoms with E-state index in [9.17, 15) is 19.2 Å². The molecule has 2 rings (SSSR count). The molecule has 0 unspecified atom stereocenters. The van der Waals surface area contributed by atoms with Crippen molar-refractivity contribution < 1.29 is 28.7 Å². The average Bonchev–Trinajstić information content (AvgIpc) is 2.59. The first-order chi connectivity index (χ1) is 12.4. The fraction of sp³-hybridized carbons (Fsp3) is 0.100. The molecule has 0 radical (unpaired) electrons. The van der Waals surface area contributed by atoms with Crippen molar-refractivity contribution in [2.45, 2.75) is 13.8 Å². The van der Waals surface area contributed by atoms with Crippen LogP contribution in [0.3, 0.4) is 0 Å². The SMILES string of the molecule is CC(=O)OC(=O)C(C(=O)OC(C)=O)=C(c1ccccc1)c1ccccc1. The van der Waals surface area contributed by atoms with Gasteiger partial charge < -0.3 is 9.47 Å². The first-order valence-corrected chi connectivity index (χ1v) is 7.70. The fourth-order valence-corrected chi connectivity index (χ4v) is 2.32. The lowest BCUT2D eigenvalue weighted by atomic mass is 9.93. The third-order valence-electron chi connectivity index (χ3n) is 3.26. The van der Waals surface area contributed by atoms with Crippen LogP contribution in [0.2, 0.25) is 0 Å². The molecule has 26 heavy (non-hydrogen) atoms. The third-order valence-corrected chi connectivity index (χ3v) is 3.26. The van der Waals surface area contributed by atoms with Gasteiger partial charge >= 0.3 is 23.9 Å². The van der Waals surface area contributed by atoms with Gasteiger partial charge in [0.1, 0.15) is 0 Å². The van der Waals surface area contributed by atoms with E-state index < -0.39 is 29.5 Å². The highest BCUT2D eigenvalue weighted by Gasteiger charge is 2.30. The van der Waals surface area contributed by atoms with E-state index in [1.165, 1.54) is 0 Å². The molecule has 0 aromatic heterocycles. The van der Waals surface area contributed by atoms with E-state index in [0.717, 1.165) is 13.8 Å². The predicted molar refractivity (Wildman–Crippen MR) is 92.5 cm³/mol. The second kappa shape index (κ2) is 8.53. The summed E-state index contributed by atoms with van der Waals surface area (Å²) in [4.78, 5) is 47.3. The highest BCUT2D eigenvalue weighted by Crippen LogP contribution is 2.28. The number of esters is 4. The van der Waals surface area contributed by atoms with Gasteiger partial charge in [0.05, 0.1) is 0 Å². The van der Waals surface area contributed by atoms with Crippen LogP contribution in [-0.2, 0) is 28.7 Å². The fourth-order valence-electron chi connectivity index (χ4n) is 2.32. The average molecular weight is 352 g/mol. The number of carbonyl (C=O) groups is 4. The van der Waals surface area contributed by atoms with Crippen LogP contribution in [0.25, 0.3) is 5.57 Å². The Hall–Kier alpha value is -3.54. The normalized spacial score (nSPS) is 9.77. The minimum absolute atomic E-state index is 0.198. The van der Waals surface area contributed by atoms with E-state index in [1.54, 1.807) is 60.7 Å². The second-order valence-electron chi connectivity index (χ2n) is 5.24. The summed E-state index contributed by atoms with van der Waals surface area (Å²) in [5, 5.41) is 0. The van der Waals surface area contributed by atoms with Crippen molar-refractivity contribution in [2.75, 3.05) is 0 Å². The Balaban J connectivity index is 2.76. The van der Waals surface area contributed by atoms with Crippen molar-refractivity contribution in [1.29, 1.82) is 0 Å². The molecule has 0 aliphatic rings. The molecule has 0 spiro atoms. The Morgan fingerprint density at radius 3 is 1.27 bits per heavy atom. The van der Waals surface area contributed by atoms with Gasteiger partial charge in [-0.15, -0.1) is 0 Å². The Morgan fingerprint density at radius 1 is 0.615 bits per heavy atom. The quantitative estimate of drug-likeness (QED) is 0.364. The van der Waals surface area contributed by atoms with Crippen molar-refractivity contribution in [3.8, 4) is 0 Å². The third kappa shape index (κ3) is 4.73. The van der Waals surface area contributed by atoms with Crippen LogP contribution in [0.15, 0.2) is 66.2 Å². The summed E-state index contributed by atoms with van der Waals surface area (Å²) in [7, 11) is 0. The molecule has 2 aromatic rings. The lowest BCUT2D eigenvalue weighted by Gasteiger charge is -2.14. The van der Waals surface area contributed by atoms with Gasteiger partial charge in [-0.3, -0.25) is 9.59 Å². The van der Waals surface area contributed by atoms with Gasteiger partial charge in [-0.2, -0.15) is 0 Å². The highest BCUT2D eigenvalue weighted by atomic mass is 16.6. The summed E-state index contributed by atoms with van der Waals surface area (Å²) in [5.74, 6) is -4.15. The molecule has 2 aromatic carbocycles. The highest BCUT2D eigenvalue weighted by molar-refractivity contribution is 6.24. The molecule has 0 amide bonds. The molecule has 6 heteroatoms. The van der Waals surface area contributed by atoms with Crippen LogP contribution in [0.1, 0.15) is 25.0 Å². The minimum atomic E-state index is -1.19. The lowest BCUT2D eigenvalue weighted by Crippen LogP contribution is -2.23. The molecular formula is C20H16O6. The van der Waals surface area contributed by atoms with Gasteiger partial charge in [0.2, 0.25) is 0 Å². The molecule has 0 saturated carbocycles. The predicted octanol–water partition coefficient (Wildman–Crippen LogP) is 2.67. The topological polar surface area (TPSA) is 86.7 Å². The van der Waals surface area contributed by atoms with Gasteiger partial charge in [0.25, 0.3) is 0 Å². The van der Waals surface area contributed by atoms with Crippen LogP contribution < -0.4 is 0 Å². The number of rotatable bonds is 4. The molecule has 132 valence electrons. The summed E-state index contributed by atoms with van der Waals surface area (Å²) in [5.41, 5.74) is 0.709. The monoisotopic (exact) mass is 352 g/mol. The molecule has 0 heterocycles. The van der Waals surface area contributed by atoms with E-state index in [2.05, 4.69) is 9.47 Å². The van der Waals surface area contributed by atoms with Gasteiger partial charge in [-0.25, -0.2) is 9.59 Å². The molecule has 0 aliphatic heterocycles. The van der Waals surface area contributed by atoms with E-state index in [4.69, 9.17) is 0 Å². The maximum absolute atomic E-state index is 12.5. The first kappa shape index (κ1) is 18.8. The maximum Gasteiger partial charge on any atom is 0.353 e. The standard InChI is InChI=1S/C20H16O6/c1-13(21)25-19(23)18(20(24)26-14(2)22)17(15-9-5-3-6-10-15)16-11-7-4-8-12-16/h3-12H,1-2H3. The summed E-state index contributed by atoms with van der Waals surface area (Å²) < 4.78 is 9.18. The van der Waals surface area contributed by atoms with Crippen molar-refractivity contribution >= 4 is 29.5 Å². The van der Waals surface area contributed by atoms with Crippen molar-refractivity contribution in [1.82, 2.24) is 0 Å². The molecule has 0 atom stereocenters. The Labute approximate surface area is 150 Å².